The highest BCUT2D eigenvalue weighted by atomic mass is 16.1. The topological polar surface area (TPSA) is 50.2 Å². The van der Waals surface area contributed by atoms with Crippen LogP contribution in [-0.4, -0.2) is 39.7 Å². The molecule has 138 valence electrons. The van der Waals surface area contributed by atoms with Crippen molar-refractivity contribution in [2.45, 2.75) is 45.2 Å². The molecule has 5 heteroatoms. The van der Waals surface area contributed by atoms with Gasteiger partial charge in [0.25, 0.3) is 5.91 Å². The van der Waals surface area contributed by atoms with Crippen LogP contribution >= 0.6 is 0 Å². The number of benzene rings is 1. The summed E-state index contributed by atoms with van der Waals surface area (Å²) < 4.78 is 1.67. The van der Waals surface area contributed by atoms with E-state index in [-0.39, 0.29) is 5.91 Å². The molecule has 1 aromatic heterocycles. The van der Waals surface area contributed by atoms with E-state index >= 15 is 0 Å². The summed E-state index contributed by atoms with van der Waals surface area (Å²) in [5.74, 6) is 0.00920. The maximum absolute atomic E-state index is 12.2. The first-order chi connectivity index (χ1) is 12.5. The number of nitrogens with one attached hydrogen (secondary N) is 1. The maximum Gasteiger partial charge on any atom is 0.254 e. The lowest BCUT2D eigenvalue weighted by Gasteiger charge is -2.52. The number of hydrogen-bond donors (Lipinski definition) is 1. The molecule has 2 heterocycles. The summed E-state index contributed by atoms with van der Waals surface area (Å²) in [6, 6.07) is 9.01. The monoisotopic (exact) mass is 352 g/mol. The summed E-state index contributed by atoms with van der Waals surface area (Å²) in [5.41, 5.74) is 3.93. The number of hydrogen-bond acceptors (Lipinski definition) is 3. The first kappa shape index (κ1) is 17.3. The number of carbonyl (C=O) groups is 1. The van der Waals surface area contributed by atoms with E-state index in [1.54, 1.807) is 17.1 Å². The highest BCUT2D eigenvalue weighted by molar-refractivity contribution is 5.93. The second-order valence-corrected chi connectivity index (χ2v) is 8.18. The molecular weight excluding hydrogens is 324 g/mol. The van der Waals surface area contributed by atoms with Gasteiger partial charge in [-0.3, -0.25) is 14.4 Å². The Hall–Kier alpha value is -2.14. The largest absolute Gasteiger partial charge is 0.349 e. The number of amides is 1. The number of likely N-dealkylation sites (tertiary alicyclic amines) is 1. The zero-order valence-corrected chi connectivity index (χ0v) is 15.7. The molecule has 2 aromatic rings. The molecule has 1 spiro atoms. The number of piperidine rings is 1. The van der Waals surface area contributed by atoms with Crippen molar-refractivity contribution < 1.29 is 4.79 Å². The summed E-state index contributed by atoms with van der Waals surface area (Å²) in [6.45, 7) is 5.58. The van der Waals surface area contributed by atoms with Gasteiger partial charge in [-0.25, -0.2) is 0 Å². The van der Waals surface area contributed by atoms with Crippen molar-refractivity contribution >= 4 is 5.91 Å². The SMILES string of the molecule is Cc1ccccc1CN1CCC2(CC1)CC(NC(=O)c1cnn(C)c1)C2. The molecule has 1 saturated carbocycles. The molecular formula is C21H28N4O. The zero-order valence-electron chi connectivity index (χ0n) is 15.7. The van der Waals surface area contributed by atoms with Gasteiger partial charge in [-0.1, -0.05) is 24.3 Å². The van der Waals surface area contributed by atoms with Crippen molar-refractivity contribution in [3.63, 3.8) is 0 Å². The van der Waals surface area contributed by atoms with Crippen LogP contribution in [0.1, 0.15) is 47.2 Å². The van der Waals surface area contributed by atoms with Crippen molar-refractivity contribution in [2.75, 3.05) is 13.1 Å². The number of carbonyl (C=O) groups excluding carboxylic acids is 1. The molecule has 0 bridgehead atoms. The van der Waals surface area contributed by atoms with Gasteiger partial charge in [-0.15, -0.1) is 0 Å². The quantitative estimate of drug-likeness (QED) is 0.920. The predicted octanol–water partition coefficient (Wildman–Crippen LogP) is 2.90. The number of rotatable bonds is 4. The highest BCUT2D eigenvalue weighted by Crippen LogP contribution is 2.49. The van der Waals surface area contributed by atoms with E-state index in [1.807, 2.05) is 7.05 Å². The Kier molecular flexibility index (Phi) is 4.57. The smallest absolute Gasteiger partial charge is 0.254 e. The normalized spacial score (nSPS) is 20.1. The van der Waals surface area contributed by atoms with Gasteiger partial charge in [0.15, 0.2) is 0 Å². The first-order valence-corrected chi connectivity index (χ1v) is 9.59. The fourth-order valence-corrected chi connectivity index (χ4v) is 4.52. The minimum atomic E-state index is 0.00920. The van der Waals surface area contributed by atoms with E-state index in [0.717, 1.165) is 32.5 Å². The number of aromatic nitrogens is 2. The predicted molar refractivity (Wildman–Crippen MR) is 102 cm³/mol. The summed E-state index contributed by atoms with van der Waals surface area (Å²) in [7, 11) is 1.83. The minimum absolute atomic E-state index is 0.00920. The Morgan fingerprint density at radius 2 is 2.00 bits per heavy atom. The molecule has 26 heavy (non-hydrogen) atoms. The molecule has 0 atom stereocenters. The van der Waals surface area contributed by atoms with E-state index in [4.69, 9.17) is 0 Å². The van der Waals surface area contributed by atoms with Crippen LogP contribution in [0.3, 0.4) is 0 Å². The summed E-state index contributed by atoms with van der Waals surface area (Å²) >= 11 is 0. The molecule has 1 aromatic carbocycles. The fraction of sp³-hybridized carbons (Fsp3) is 0.524. The standard InChI is InChI=1S/C21H28N4O/c1-16-5-3-4-6-17(16)15-25-9-7-21(8-10-25)11-19(12-21)23-20(26)18-13-22-24(2)14-18/h3-6,13-14,19H,7-12,15H2,1-2H3,(H,23,26). The van der Waals surface area contributed by atoms with Crippen molar-refractivity contribution in [1.29, 1.82) is 0 Å². The molecule has 4 rings (SSSR count). The van der Waals surface area contributed by atoms with E-state index in [0.29, 0.717) is 17.0 Å². The van der Waals surface area contributed by atoms with E-state index in [2.05, 4.69) is 46.5 Å². The lowest BCUT2D eigenvalue weighted by molar-refractivity contribution is 0.00464. The molecule has 2 aliphatic rings. The Morgan fingerprint density at radius 3 is 2.65 bits per heavy atom. The summed E-state index contributed by atoms with van der Waals surface area (Å²) in [6.07, 6.45) is 8.15. The summed E-state index contributed by atoms with van der Waals surface area (Å²) in [5, 5.41) is 7.24. The van der Waals surface area contributed by atoms with E-state index < -0.39 is 0 Å². The van der Waals surface area contributed by atoms with Gasteiger partial charge in [0.1, 0.15) is 0 Å². The van der Waals surface area contributed by atoms with Crippen LogP contribution in [0.4, 0.5) is 0 Å². The molecule has 5 nitrogen and oxygen atoms in total. The van der Waals surface area contributed by atoms with Gasteiger partial charge >= 0.3 is 0 Å². The van der Waals surface area contributed by atoms with Crippen molar-refractivity contribution in [3.8, 4) is 0 Å². The van der Waals surface area contributed by atoms with Gasteiger partial charge < -0.3 is 5.32 Å². The molecule has 1 amide bonds. The Balaban J connectivity index is 1.24. The fourth-order valence-electron chi connectivity index (χ4n) is 4.52. The molecule has 0 unspecified atom stereocenters. The van der Waals surface area contributed by atoms with Crippen molar-refractivity contribution in [1.82, 2.24) is 20.0 Å². The molecule has 1 aliphatic carbocycles. The lowest BCUT2D eigenvalue weighted by atomic mass is 9.60. The van der Waals surface area contributed by atoms with Gasteiger partial charge in [0.05, 0.1) is 11.8 Å². The van der Waals surface area contributed by atoms with Crippen LogP contribution in [-0.2, 0) is 13.6 Å². The maximum atomic E-state index is 12.2. The summed E-state index contributed by atoms with van der Waals surface area (Å²) in [4.78, 5) is 14.8. The van der Waals surface area contributed by atoms with E-state index in [1.165, 1.54) is 24.0 Å². The Morgan fingerprint density at radius 1 is 1.27 bits per heavy atom. The zero-order chi connectivity index (χ0) is 18.1. The minimum Gasteiger partial charge on any atom is -0.349 e. The Labute approximate surface area is 155 Å². The van der Waals surface area contributed by atoms with Gasteiger partial charge in [-0.05, 0) is 62.2 Å². The van der Waals surface area contributed by atoms with Crippen LogP contribution in [0.2, 0.25) is 0 Å². The third kappa shape index (κ3) is 3.54. The average molecular weight is 352 g/mol. The first-order valence-electron chi connectivity index (χ1n) is 9.59. The van der Waals surface area contributed by atoms with Crippen molar-refractivity contribution in [2.24, 2.45) is 12.5 Å². The van der Waals surface area contributed by atoms with Gasteiger partial charge in [0, 0.05) is 25.8 Å². The van der Waals surface area contributed by atoms with Gasteiger partial charge in [-0.2, -0.15) is 5.10 Å². The van der Waals surface area contributed by atoms with Crippen LogP contribution in [0, 0.1) is 12.3 Å². The highest BCUT2D eigenvalue weighted by Gasteiger charge is 2.46. The second-order valence-electron chi connectivity index (χ2n) is 8.18. The van der Waals surface area contributed by atoms with Crippen LogP contribution in [0.15, 0.2) is 36.7 Å². The molecule has 1 saturated heterocycles. The van der Waals surface area contributed by atoms with Gasteiger partial charge in [0.2, 0.25) is 0 Å². The van der Waals surface area contributed by atoms with E-state index in [9.17, 15) is 4.79 Å². The third-order valence-electron chi connectivity index (χ3n) is 6.23. The number of aryl methyl sites for hydroxylation is 2. The van der Waals surface area contributed by atoms with Crippen LogP contribution in [0.25, 0.3) is 0 Å². The van der Waals surface area contributed by atoms with Crippen LogP contribution in [0.5, 0.6) is 0 Å². The molecule has 2 fully saturated rings. The average Bonchev–Trinajstić information content (AvgIpc) is 3.04. The molecule has 1 aliphatic heterocycles. The number of nitrogens with zero attached hydrogens (tertiary/aromatic N) is 3. The Bertz CT molecular complexity index is 781. The molecule has 0 radical (unpaired) electrons. The second kappa shape index (κ2) is 6.88. The van der Waals surface area contributed by atoms with Crippen LogP contribution < -0.4 is 5.32 Å². The van der Waals surface area contributed by atoms with Crippen molar-refractivity contribution in [3.05, 3.63) is 53.3 Å². The lowest BCUT2D eigenvalue weighted by Crippen LogP contribution is -2.54. The molecule has 1 N–H and O–H groups in total. The third-order valence-corrected chi connectivity index (χ3v) is 6.23.